The molecule has 4 nitrogen and oxygen atoms in total. The Balaban J connectivity index is 1.65. The summed E-state index contributed by atoms with van der Waals surface area (Å²) in [4.78, 5) is 14.4. The van der Waals surface area contributed by atoms with E-state index in [0.29, 0.717) is 18.1 Å². The normalized spacial score (nSPS) is 20.9. The van der Waals surface area contributed by atoms with Crippen molar-refractivity contribution in [2.75, 3.05) is 31.1 Å². The molecular formula is C14H16ClFN2O2. The summed E-state index contributed by atoms with van der Waals surface area (Å²) >= 11 is 6.12. The Bertz CT molecular complexity index is 536. The predicted octanol–water partition coefficient (Wildman–Crippen LogP) is 3.06. The van der Waals surface area contributed by atoms with Crippen LogP contribution in [-0.2, 0) is 0 Å². The van der Waals surface area contributed by atoms with Crippen molar-refractivity contribution in [2.24, 2.45) is 5.41 Å². The average Bonchev–Trinajstić information content (AvgIpc) is 2.39. The summed E-state index contributed by atoms with van der Waals surface area (Å²) < 4.78 is 13.3. The van der Waals surface area contributed by atoms with E-state index in [1.165, 1.54) is 17.0 Å². The standard InChI is InChI=1S/C14H16ClFN2O2/c15-11-2-1-10(16)7-12(11)17-5-3-14(4-6-17)8-18(9-14)13(19)20/h1-2,7H,3-6,8-9H2,(H,19,20). The Morgan fingerprint density at radius 2 is 1.95 bits per heavy atom. The van der Waals surface area contributed by atoms with Gasteiger partial charge in [-0.2, -0.15) is 0 Å². The Morgan fingerprint density at radius 3 is 2.55 bits per heavy atom. The summed E-state index contributed by atoms with van der Waals surface area (Å²) in [6, 6.07) is 4.39. The maximum absolute atomic E-state index is 13.3. The molecule has 0 bridgehead atoms. The van der Waals surface area contributed by atoms with Crippen LogP contribution in [0.1, 0.15) is 12.8 Å². The monoisotopic (exact) mass is 298 g/mol. The average molecular weight is 299 g/mol. The molecule has 6 heteroatoms. The number of nitrogens with zero attached hydrogens (tertiary/aromatic N) is 2. The lowest BCUT2D eigenvalue weighted by molar-refractivity contribution is -0.00635. The van der Waals surface area contributed by atoms with Gasteiger partial charge in [-0.3, -0.25) is 0 Å². The molecule has 1 amide bonds. The number of likely N-dealkylation sites (tertiary alicyclic amines) is 1. The smallest absolute Gasteiger partial charge is 0.407 e. The number of piperidine rings is 1. The van der Waals surface area contributed by atoms with Crippen molar-refractivity contribution in [3.05, 3.63) is 29.0 Å². The second kappa shape index (κ2) is 4.81. The Hall–Kier alpha value is -1.49. The van der Waals surface area contributed by atoms with Crippen LogP contribution < -0.4 is 4.90 Å². The van der Waals surface area contributed by atoms with Crippen LogP contribution in [0.15, 0.2) is 18.2 Å². The van der Waals surface area contributed by atoms with E-state index >= 15 is 0 Å². The Labute approximate surface area is 121 Å². The van der Waals surface area contributed by atoms with Crippen LogP contribution in [0.5, 0.6) is 0 Å². The first kappa shape index (κ1) is 13.5. The van der Waals surface area contributed by atoms with Gasteiger partial charge < -0.3 is 14.9 Å². The molecule has 1 aromatic rings. The zero-order valence-electron chi connectivity index (χ0n) is 11.0. The van der Waals surface area contributed by atoms with Gasteiger partial charge in [-0.25, -0.2) is 9.18 Å². The number of benzene rings is 1. The maximum Gasteiger partial charge on any atom is 0.407 e. The Kier molecular flexibility index (Phi) is 3.24. The van der Waals surface area contributed by atoms with Gasteiger partial charge in [-0.05, 0) is 31.0 Å². The van der Waals surface area contributed by atoms with Crippen molar-refractivity contribution in [2.45, 2.75) is 12.8 Å². The van der Waals surface area contributed by atoms with Gasteiger partial charge in [-0.15, -0.1) is 0 Å². The minimum Gasteiger partial charge on any atom is -0.465 e. The molecular weight excluding hydrogens is 283 g/mol. The van der Waals surface area contributed by atoms with Crippen molar-refractivity contribution in [1.29, 1.82) is 0 Å². The van der Waals surface area contributed by atoms with Crippen LogP contribution in [0.4, 0.5) is 14.9 Å². The van der Waals surface area contributed by atoms with E-state index < -0.39 is 6.09 Å². The van der Waals surface area contributed by atoms with Crippen LogP contribution in [0.2, 0.25) is 5.02 Å². The molecule has 2 saturated heterocycles. The first-order valence-corrected chi connectivity index (χ1v) is 7.05. The molecule has 0 unspecified atom stereocenters. The van der Waals surface area contributed by atoms with E-state index in [1.807, 2.05) is 0 Å². The maximum atomic E-state index is 13.3. The van der Waals surface area contributed by atoms with E-state index in [4.69, 9.17) is 16.7 Å². The highest BCUT2D eigenvalue weighted by Gasteiger charge is 2.46. The van der Waals surface area contributed by atoms with Crippen LogP contribution in [0.3, 0.4) is 0 Å². The van der Waals surface area contributed by atoms with Gasteiger partial charge in [0.05, 0.1) is 10.7 Å². The van der Waals surface area contributed by atoms with Crippen LogP contribution in [0, 0.1) is 11.2 Å². The third-order valence-electron chi connectivity index (χ3n) is 4.40. The summed E-state index contributed by atoms with van der Waals surface area (Å²) in [6.07, 6.45) is 0.999. The first-order chi connectivity index (χ1) is 9.49. The van der Waals surface area contributed by atoms with Crippen molar-refractivity contribution in [1.82, 2.24) is 4.90 Å². The lowest BCUT2D eigenvalue weighted by Gasteiger charge is -2.53. The fourth-order valence-corrected chi connectivity index (χ4v) is 3.40. The van der Waals surface area contributed by atoms with Gasteiger partial charge in [0, 0.05) is 31.6 Å². The quantitative estimate of drug-likeness (QED) is 0.866. The van der Waals surface area contributed by atoms with Gasteiger partial charge >= 0.3 is 6.09 Å². The number of hydrogen-bond donors (Lipinski definition) is 1. The molecule has 20 heavy (non-hydrogen) atoms. The van der Waals surface area contributed by atoms with Gasteiger partial charge in [0.2, 0.25) is 0 Å². The van der Waals surface area contributed by atoms with E-state index in [1.54, 1.807) is 6.07 Å². The summed E-state index contributed by atoms with van der Waals surface area (Å²) in [5.74, 6) is -0.287. The van der Waals surface area contributed by atoms with Crippen LogP contribution in [-0.4, -0.2) is 42.3 Å². The van der Waals surface area contributed by atoms with Crippen molar-refractivity contribution in [3.8, 4) is 0 Å². The lowest BCUT2D eigenvalue weighted by Crippen LogP contribution is -2.61. The molecule has 0 saturated carbocycles. The van der Waals surface area contributed by atoms with Crippen LogP contribution >= 0.6 is 11.6 Å². The van der Waals surface area contributed by atoms with E-state index in [9.17, 15) is 9.18 Å². The molecule has 0 aliphatic carbocycles. The molecule has 0 radical (unpaired) electrons. The number of carboxylic acid groups (broad SMARTS) is 1. The lowest BCUT2D eigenvalue weighted by atomic mass is 9.72. The number of halogens is 2. The molecule has 2 fully saturated rings. The zero-order chi connectivity index (χ0) is 14.3. The number of hydrogen-bond acceptors (Lipinski definition) is 2. The molecule has 2 heterocycles. The highest BCUT2D eigenvalue weighted by molar-refractivity contribution is 6.33. The summed E-state index contributed by atoms with van der Waals surface area (Å²) in [5, 5.41) is 9.46. The van der Waals surface area contributed by atoms with Crippen LogP contribution in [0.25, 0.3) is 0 Å². The summed E-state index contributed by atoms with van der Waals surface area (Å²) in [6.45, 7) is 2.81. The molecule has 0 aromatic heterocycles. The fourth-order valence-electron chi connectivity index (χ4n) is 3.17. The molecule has 2 aliphatic heterocycles. The topological polar surface area (TPSA) is 43.8 Å². The summed E-state index contributed by atoms with van der Waals surface area (Å²) in [5.41, 5.74) is 0.852. The largest absolute Gasteiger partial charge is 0.465 e. The molecule has 108 valence electrons. The third-order valence-corrected chi connectivity index (χ3v) is 4.72. The molecule has 2 aliphatic rings. The second-order valence-corrected chi connectivity index (χ2v) is 6.13. The molecule has 3 rings (SSSR count). The van der Waals surface area contributed by atoms with Crippen molar-refractivity contribution in [3.63, 3.8) is 0 Å². The number of carbonyl (C=O) groups is 1. The molecule has 1 aromatic carbocycles. The zero-order valence-corrected chi connectivity index (χ0v) is 11.7. The van der Waals surface area contributed by atoms with Gasteiger partial charge in [0.25, 0.3) is 0 Å². The fraction of sp³-hybridized carbons (Fsp3) is 0.500. The summed E-state index contributed by atoms with van der Waals surface area (Å²) in [7, 11) is 0. The third kappa shape index (κ3) is 2.30. The Morgan fingerprint density at radius 1 is 1.30 bits per heavy atom. The van der Waals surface area contributed by atoms with E-state index in [0.717, 1.165) is 31.6 Å². The van der Waals surface area contributed by atoms with Crippen molar-refractivity contribution >= 4 is 23.4 Å². The van der Waals surface area contributed by atoms with Gasteiger partial charge in [0.15, 0.2) is 0 Å². The number of amides is 1. The SMILES string of the molecule is O=C(O)N1CC2(CCN(c3cc(F)ccc3Cl)CC2)C1. The minimum absolute atomic E-state index is 0.120. The highest BCUT2D eigenvalue weighted by Crippen LogP contribution is 2.42. The number of rotatable bonds is 1. The van der Waals surface area contributed by atoms with Gasteiger partial charge in [0.1, 0.15) is 5.82 Å². The van der Waals surface area contributed by atoms with Crippen molar-refractivity contribution < 1.29 is 14.3 Å². The van der Waals surface area contributed by atoms with E-state index in [-0.39, 0.29) is 11.2 Å². The van der Waals surface area contributed by atoms with E-state index in [2.05, 4.69) is 4.90 Å². The molecule has 1 N–H and O–H groups in total. The van der Waals surface area contributed by atoms with Gasteiger partial charge in [-0.1, -0.05) is 11.6 Å². The first-order valence-electron chi connectivity index (χ1n) is 6.67. The predicted molar refractivity (Wildman–Crippen MR) is 74.9 cm³/mol. The molecule has 0 atom stereocenters. The minimum atomic E-state index is -0.841. The molecule has 1 spiro atoms. The second-order valence-electron chi connectivity index (χ2n) is 5.72. The highest BCUT2D eigenvalue weighted by atomic mass is 35.5. The number of anilines is 1.